The Bertz CT molecular complexity index is 1280. The van der Waals surface area contributed by atoms with E-state index in [-0.39, 0.29) is 12.5 Å². The quantitative estimate of drug-likeness (QED) is 0.364. The van der Waals surface area contributed by atoms with Gasteiger partial charge in [0.05, 0.1) is 18.8 Å². The smallest absolute Gasteiger partial charge is 0.240 e. The van der Waals surface area contributed by atoms with Gasteiger partial charge >= 0.3 is 0 Å². The molecule has 0 saturated carbocycles. The standard InChI is InChI=1S/C27H31N5O3/c1-19-10-7-8-13-21(19)17-35-23-14-9-15-32-24(30-31-25(23)32)22(29-26(33)27(2,3)28)18-34-16-20-11-5-4-6-12-20/h4-15,22H,16-18,28H2,1-3H3,(H,29,33)/t22-/m1/s1. The summed E-state index contributed by atoms with van der Waals surface area (Å²) >= 11 is 0. The minimum absolute atomic E-state index is 0.200. The molecule has 0 radical (unpaired) electrons. The van der Waals surface area contributed by atoms with E-state index in [1.54, 1.807) is 13.8 Å². The second-order valence-electron chi connectivity index (χ2n) is 9.09. The van der Waals surface area contributed by atoms with Crippen LogP contribution in [-0.4, -0.2) is 32.7 Å². The Kier molecular flexibility index (Phi) is 7.43. The number of rotatable bonds is 10. The molecule has 0 saturated heterocycles. The zero-order chi connectivity index (χ0) is 24.8. The highest BCUT2D eigenvalue weighted by molar-refractivity contribution is 5.85. The van der Waals surface area contributed by atoms with E-state index in [9.17, 15) is 4.79 Å². The fraction of sp³-hybridized carbons (Fsp3) is 0.296. The van der Waals surface area contributed by atoms with Crippen LogP contribution in [0.5, 0.6) is 5.75 Å². The van der Waals surface area contributed by atoms with E-state index in [1.165, 1.54) is 0 Å². The number of carbonyl (C=O) groups excluding carboxylic acids is 1. The predicted molar refractivity (Wildman–Crippen MR) is 134 cm³/mol. The zero-order valence-corrected chi connectivity index (χ0v) is 20.3. The van der Waals surface area contributed by atoms with Crippen molar-refractivity contribution in [1.29, 1.82) is 0 Å². The predicted octanol–water partition coefficient (Wildman–Crippen LogP) is 3.73. The molecule has 2 heterocycles. The van der Waals surface area contributed by atoms with E-state index >= 15 is 0 Å². The molecule has 4 rings (SSSR count). The molecule has 0 spiro atoms. The Labute approximate surface area is 205 Å². The maximum Gasteiger partial charge on any atom is 0.240 e. The van der Waals surface area contributed by atoms with Crippen LogP contribution in [0.1, 0.15) is 42.4 Å². The van der Waals surface area contributed by atoms with E-state index in [0.717, 1.165) is 16.7 Å². The lowest BCUT2D eigenvalue weighted by atomic mass is 10.1. The van der Waals surface area contributed by atoms with Crippen molar-refractivity contribution in [1.82, 2.24) is 19.9 Å². The molecule has 8 nitrogen and oxygen atoms in total. The van der Waals surface area contributed by atoms with E-state index in [1.807, 2.05) is 71.3 Å². The molecule has 2 aromatic heterocycles. The molecular formula is C27H31N5O3. The van der Waals surface area contributed by atoms with Gasteiger partial charge in [-0.1, -0.05) is 54.6 Å². The third kappa shape index (κ3) is 6.03. The van der Waals surface area contributed by atoms with E-state index in [4.69, 9.17) is 15.2 Å². The summed E-state index contributed by atoms with van der Waals surface area (Å²) in [7, 11) is 0. The lowest BCUT2D eigenvalue weighted by molar-refractivity contribution is -0.126. The fourth-order valence-electron chi connectivity index (χ4n) is 3.58. The molecule has 0 unspecified atom stereocenters. The third-order valence-electron chi connectivity index (χ3n) is 5.67. The number of nitrogens with two attached hydrogens (primary N) is 1. The van der Waals surface area contributed by atoms with E-state index < -0.39 is 11.6 Å². The molecule has 8 heteroatoms. The number of amides is 1. The summed E-state index contributed by atoms with van der Waals surface area (Å²) in [6.45, 7) is 6.38. The van der Waals surface area contributed by atoms with Gasteiger partial charge in [0.1, 0.15) is 12.6 Å². The molecule has 0 aliphatic carbocycles. The topological polar surface area (TPSA) is 104 Å². The summed E-state index contributed by atoms with van der Waals surface area (Å²) in [5, 5.41) is 11.7. The van der Waals surface area contributed by atoms with Crippen molar-refractivity contribution in [2.45, 2.75) is 45.6 Å². The van der Waals surface area contributed by atoms with Crippen LogP contribution in [0.2, 0.25) is 0 Å². The number of benzene rings is 2. The summed E-state index contributed by atoms with van der Waals surface area (Å²) in [5.74, 6) is 0.825. The van der Waals surface area contributed by atoms with Crippen molar-refractivity contribution in [3.8, 4) is 5.75 Å². The van der Waals surface area contributed by atoms with E-state index in [0.29, 0.717) is 30.4 Å². The number of aryl methyl sites for hydroxylation is 1. The molecular weight excluding hydrogens is 442 g/mol. The number of hydrogen-bond acceptors (Lipinski definition) is 6. The highest BCUT2D eigenvalue weighted by Crippen LogP contribution is 2.23. The largest absolute Gasteiger partial charge is 0.485 e. The van der Waals surface area contributed by atoms with Crippen LogP contribution in [0, 0.1) is 6.92 Å². The van der Waals surface area contributed by atoms with Crippen LogP contribution >= 0.6 is 0 Å². The van der Waals surface area contributed by atoms with Crippen LogP contribution in [0.3, 0.4) is 0 Å². The normalized spacial score (nSPS) is 12.5. The summed E-state index contributed by atoms with van der Waals surface area (Å²) in [4.78, 5) is 12.7. The summed E-state index contributed by atoms with van der Waals surface area (Å²) < 4.78 is 13.9. The van der Waals surface area contributed by atoms with E-state index in [2.05, 4.69) is 28.5 Å². The van der Waals surface area contributed by atoms with Crippen LogP contribution in [-0.2, 0) is 22.7 Å². The number of aromatic nitrogens is 3. The fourth-order valence-corrected chi connectivity index (χ4v) is 3.58. The van der Waals surface area contributed by atoms with Crippen LogP contribution in [0.15, 0.2) is 72.9 Å². The maximum absolute atomic E-state index is 12.7. The van der Waals surface area contributed by atoms with Crippen molar-refractivity contribution in [3.05, 3.63) is 95.4 Å². The molecule has 0 fully saturated rings. The number of nitrogens with one attached hydrogen (secondary N) is 1. The molecule has 4 aromatic rings. The van der Waals surface area contributed by atoms with Gasteiger partial charge in [-0.25, -0.2) is 0 Å². The molecule has 1 amide bonds. The lowest BCUT2D eigenvalue weighted by Gasteiger charge is -2.23. The number of pyridine rings is 1. The third-order valence-corrected chi connectivity index (χ3v) is 5.67. The Balaban J connectivity index is 1.57. The van der Waals surface area contributed by atoms with Gasteiger partial charge in [-0.2, -0.15) is 0 Å². The average molecular weight is 474 g/mol. The molecule has 0 bridgehead atoms. The average Bonchev–Trinajstić information content (AvgIpc) is 3.28. The Hall–Kier alpha value is -3.75. The van der Waals surface area contributed by atoms with Crippen LogP contribution in [0.4, 0.5) is 0 Å². The highest BCUT2D eigenvalue weighted by atomic mass is 16.5. The first kappa shape index (κ1) is 24.4. The van der Waals surface area contributed by atoms with Crippen molar-refractivity contribution in [2.75, 3.05) is 6.61 Å². The summed E-state index contributed by atoms with van der Waals surface area (Å²) in [6, 6.07) is 21.1. The number of carbonyl (C=O) groups is 1. The monoisotopic (exact) mass is 473 g/mol. The van der Waals surface area contributed by atoms with Crippen LogP contribution < -0.4 is 15.8 Å². The van der Waals surface area contributed by atoms with Gasteiger partial charge in [-0.15, -0.1) is 10.2 Å². The van der Waals surface area contributed by atoms with Crippen molar-refractivity contribution in [2.24, 2.45) is 5.73 Å². The second-order valence-corrected chi connectivity index (χ2v) is 9.09. The van der Waals surface area contributed by atoms with Crippen molar-refractivity contribution >= 4 is 11.6 Å². The second kappa shape index (κ2) is 10.7. The van der Waals surface area contributed by atoms with Crippen molar-refractivity contribution in [3.63, 3.8) is 0 Å². The Morgan fingerprint density at radius 1 is 1.03 bits per heavy atom. The van der Waals surface area contributed by atoms with Crippen LogP contribution in [0.25, 0.3) is 5.65 Å². The van der Waals surface area contributed by atoms with Gasteiger partial charge in [-0.05, 0) is 49.6 Å². The van der Waals surface area contributed by atoms with Crippen molar-refractivity contribution < 1.29 is 14.3 Å². The lowest BCUT2D eigenvalue weighted by Crippen LogP contribution is -2.50. The number of hydrogen-bond donors (Lipinski definition) is 2. The van der Waals surface area contributed by atoms with Gasteiger partial charge < -0.3 is 20.5 Å². The van der Waals surface area contributed by atoms with Gasteiger partial charge in [-0.3, -0.25) is 9.20 Å². The number of fused-ring (bicyclic) bond motifs is 1. The van der Waals surface area contributed by atoms with Gasteiger partial charge in [0.25, 0.3) is 0 Å². The molecule has 182 valence electrons. The highest BCUT2D eigenvalue weighted by Gasteiger charge is 2.28. The summed E-state index contributed by atoms with van der Waals surface area (Å²) in [5.41, 5.74) is 8.82. The summed E-state index contributed by atoms with van der Waals surface area (Å²) in [6.07, 6.45) is 1.84. The Morgan fingerprint density at radius 3 is 2.51 bits per heavy atom. The maximum atomic E-state index is 12.7. The number of ether oxygens (including phenoxy) is 2. The zero-order valence-electron chi connectivity index (χ0n) is 20.3. The van der Waals surface area contributed by atoms with Gasteiger partial charge in [0.2, 0.25) is 11.6 Å². The Morgan fingerprint density at radius 2 is 1.77 bits per heavy atom. The first-order valence-electron chi connectivity index (χ1n) is 11.6. The molecule has 2 aromatic carbocycles. The first-order chi connectivity index (χ1) is 16.8. The van der Waals surface area contributed by atoms with Gasteiger partial charge in [0, 0.05) is 6.20 Å². The van der Waals surface area contributed by atoms with Gasteiger partial charge in [0.15, 0.2) is 11.6 Å². The minimum Gasteiger partial charge on any atom is -0.485 e. The number of nitrogens with zero attached hydrogens (tertiary/aromatic N) is 3. The molecule has 1 atom stereocenters. The SMILES string of the molecule is Cc1ccccc1COc1cccn2c([C@@H](COCc3ccccc3)NC(=O)C(C)(C)N)nnc12. The molecule has 3 N–H and O–H groups in total. The first-order valence-corrected chi connectivity index (χ1v) is 11.6. The molecule has 0 aliphatic rings. The molecule has 35 heavy (non-hydrogen) atoms. The minimum atomic E-state index is -1.06. The molecule has 0 aliphatic heterocycles.